The Morgan fingerprint density at radius 3 is 2.13 bits per heavy atom. The first-order valence-corrected chi connectivity index (χ1v) is 12.6. The molecule has 2 aromatic rings. The molecule has 1 fully saturated rings. The topological polar surface area (TPSA) is 9.23 Å². The fraction of sp³-hybridized carbons (Fsp3) is 0.533. The number of benzene rings is 2. The van der Waals surface area contributed by atoms with Crippen molar-refractivity contribution in [3.05, 3.63) is 72.3 Å². The maximum Gasteiger partial charge on any atom is 0.0821 e. The van der Waals surface area contributed by atoms with Crippen LogP contribution in [0.4, 0.5) is 0 Å². The number of unbranched alkanes of at least 4 members (excludes halogenated alkanes) is 2. The lowest BCUT2D eigenvalue weighted by molar-refractivity contribution is 0.0936. The first kappa shape index (κ1) is 23.8. The number of allylic oxidation sites excluding steroid dienone is 1. The Kier molecular flexibility index (Phi) is 9.87. The van der Waals surface area contributed by atoms with Crippen molar-refractivity contribution in [3.8, 4) is 11.1 Å². The Bertz CT molecular complexity index is 750. The Morgan fingerprint density at radius 2 is 1.55 bits per heavy atom. The summed E-state index contributed by atoms with van der Waals surface area (Å²) in [7, 11) is 1.82. The van der Waals surface area contributed by atoms with Crippen LogP contribution >= 0.6 is 0 Å². The molecule has 31 heavy (non-hydrogen) atoms. The van der Waals surface area contributed by atoms with Gasteiger partial charge in [-0.15, -0.1) is 6.58 Å². The number of methoxy groups -OCH3 is 1. The second kappa shape index (κ2) is 12.9. The molecule has 0 radical (unpaired) electrons. The van der Waals surface area contributed by atoms with Crippen LogP contribution in [0.25, 0.3) is 11.1 Å². The van der Waals surface area contributed by atoms with Gasteiger partial charge in [0.1, 0.15) is 0 Å². The minimum Gasteiger partial charge on any atom is -0.377 e. The molecule has 0 heterocycles. The van der Waals surface area contributed by atoms with Crippen LogP contribution in [0.3, 0.4) is 0 Å². The summed E-state index contributed by atoms with van der Waals surface area (Å²) in [6.07, 6.45) is 16.7. The van der Waals surface area contributed by atoms with Crippen LogP contribution < -0.4 is 0 Å². The van der Waals surface area contributed by atoms with Gasteiger partial charge in [0, 0.05) is 7.11 Å². The molecule has 1 unspecified atom stereocenters. The lowest BCUT2D eigenvalue weighted by Gasteiger charge is -2.26. The van der Waals surface area contributed by atoms with E-state index in [0.29, 0.717) is 0 Å². The molecule has 0 aliphatic heterocycles. The summed E-state index contributed by atoms with van der Waals surface area (Å²) in [4.78, 5) is 0. The average Bonchev–Trinajstić information content (AvgIpc) is 2.83. The molecule has 1 aliphatic carbocycles. The quantitative estimate of drug-likeness (QED) is 0.247. The highest BCUT2D eigenvalue weighted by Crippen LogP contribution is 2.32. The van der Waals surface area contributed by atoms with Gasteiger partial charge in [-0.3, -0.25) is 0 Å². The van der Waals surface area contributed by atoms with Crippen molar-refractivity contribution < 1.29 is 4.74 Å². The molecule has 0 spiro atoms. The number of hydrogen-bond acceptors (Lipinski definition) is 1. The van der Waals surface area contributed by atoms with Gasteiger partial charge in [0.25, 0.3) is 0 Å². The third kappa shape index (κ3) is 7.35. The van der Waals surface area contributed by atoms with E-state index in [1.165, 1.54) is 86.5 Å². The van der Waals surface area contributed by atoms with Crippen LogP contribution in [-0.4, -0.2) is 7.11 Å². The summed E-state index contributed by atoms with van der Waals surface area (Å²) in [6.45, 7) is 6.19. The molecule has 0 N–H and O–H groups in total. The molecule has 3 rings (SSSR count). The summed E-state index contributed by atoms with van der Waals surface area (Å²) in [6, 6.07) is 18.1. The van der Waals surface area contributed by atoms with Gasteiger partial charge in [0.2, 0.25) is 0 Å². The number of rotatable bonds is 12. The van der Waals surface area contributed by atoms with E-state index in [-0.39, 0.29) is 6.10 Å². The summed E-state index contributed by atoms with van der Waals surface area (Å²) in [5, 5.41) is 0. The van der Waals surface area contributed by atoms with E-state index in [0.717, 1.165) is 18.3 Å². The van der Waals surface area contributed by atoms with Crippen molar-refractivity contribution in [3.63, 3.8) is 0 Å². The molecule has 0 saturated heterocycles. The number of hydrogen-bond donors (Lipinski definition) is 0. The average molecular weight is 419 g/mol. The summed E-state index contributed by atoms with van der Waals surface area (Å²) in [5.74, 6) is 1.75. The van der Waals surface area contributed by atoms with Crippen molar-refractivity contribution in [1.82, 2.24) is 0 Å². The number of aryl methyl sites for hydroxylation is 1. The van der Waals surface area contributed by atoms with Crippen LogP contribution in [0.15, 0.2) is 61.2 Å². The lowest BCUT2D eigenvalue weighted by atomic mass is 9.80. The van der Waals surface area contributed by atoms with Crippen LogP contribution in [0.2, 0.25) is 0 Å². The third-order valence-corrected chi connectivity index (χ3v) is 7.23. The van der Waals surface area contributed by atoms with Crippen molar-refractivity contribution in [2.75, 3.05) is 7.11 Å². The second-order valence-electron chi connectivity index (χ2n) is 9.45. The standard InChI is InChI=1S/C30H42O/c1-4-6-11-30(31-3)29-22-20-28(21-23-29)27-18-16-26(17-19-27)10-8-7-9-25-14-12-24(5-2)13-15-25/h5,16-25,30H,2,4,6-15H2,1,3H3/t24-,25-,30?. The largest absolute Gasteiger partial charge is 0.377 e. The lowest BCUT2D eigenvalue weighted by Crippen LogP contribution is -2.12. The van der Waals surface area contributed by atoms with Crippen molar-refractivity contribution in [2.24, 2.45) is 11.8 Å². The normalized spacial score (nSPS) is 19.8. The molecular formula is C30H42O. The van der Waals surface area contributed by atoms with Crippen LogP contribution in [0, 0.1) is 11.8 Å². The van der Waals surface area contributed by atoms with Crippen molar-refractivity contribution in [2.45, 2.75) is 83.7 Å². The molecule has 1 atom stereocenters. The van der Waals surface area contributed by atoms with Gasteiger partial charge in [0.05, 0.1) is 6.10 Å². The monoisotopic (exact) mass is 418 g/mol. The molecule has 0 aromatic heterocycles. The minimum absolute atomic E-state index is 0.216. The second-order valence-corrected chi connectivity index (χ2v) is 9.45. The Labute approximate surface area is 190 Å². The van der Waals surface area contributed by atoms with Gasteiger partial charge in [-0.1, -0.05) is 87.2 Å². The van der Waals surface area contributed by atoms with E-state index in [1.807, 2.05) is 7.11 Å². The highest BCUT2D eigenvalue weighted by Gasteiger charge is 2.18. The summed E-state index contributed by atoms with van der Waals surface area (Å²) in [5.41, 5.74) is 5.34. The van der Waals surface area contributed by atoms with E-state index < -0.39 is 0 Å². The molecule has 1 heteroatoms. The molecule has 0 amide bonds. The van der Waals surface area contributed by atoms with Gasteiger partial charge < -0.3 is 4.74 Å². The van der Waals surface area contributed by atoms with E-state index in [9.17, 15) is 0 Å². The smallest absolute Gasteiger partial charge is 0.0821 e. The van der Waals surface area contributed by atoms with E-state index in [4.69, 9.17) is 4.74 Å². The van der Waals surface area contributed by atoms with Crippen LogP contribution in [-0.2, 0) is 11.2 Å². The molecule has 1 aliphatic rings. The highest BCUT2D eigenvalue weighted by atomic mass is 16.5. The van der Waals surface area contributed by atoms with Crippen molar-refractivity contribution >= 4 is 0 Å². The van der Waals surface area contributed by atoms with Gasteiger partial charge in [-0.2, -0.15) is 0 Å². The Morgan fingerprint density at radius 1 is 0.903 bits per heavy atom. The van der Waals surface area contributed by atoms with Crippen LogP contribution in [0.5, 0.6) is 0 Å². The molecule has 168 valence electrons. The zero-order valence-electron chi connectivity index (χ0n) is 19.8. The maximum absolute atomic E-state index is 5.69. The Balaban J connectivity index is 1.44. The third-order valence-electron chi connectivity index (χ3n) is 7.23. The van der Waals surface area contributed by atoms with E-state index in [2.05, 4.69) is 68.1 Å². The predicted octanol–water partition coefficient (Wildman–Crippen LogP) is 8.94. The highest BCUT2D eigenvalue weighted by molar-refractivity contribution is 5.64. The minimum atomic E-state index is 0.216. The predicted molar refractivity (Wildman–Crippen MR) is 134 cm³/mol. The SMILES string of the molecule is C=C[C@H]1CC[C@H](CCCCc2ccc(-c3ccc(C(CCCC)OC)cc3)cc2)CC1. The maximum atomic E-state index is 5.69. The molecular weight excluding hydrogens is 376 g/mol. The van der Waals surface area contributed by atoms with Crippen molar-refractivity contribution in [1.29, 1.82) is 0 Å². The summed E-state index contributed by atoms with van der Waals surface area (Å²) < 4.78 is 5.69. The van der Waals surface area contributed by atoms with Gasteiger partial charge in [-0.05, 0) is 79.0 Å². The first-order valence-electron chi connectivity index (χ1n) is 12.6. The zero-order chi connectivity index (χ0) is 21.9. The molecule has 0 bridgehead atoms. The first-order chi connectivity index (χ1) is 15.2. The fourth-order valence-corrected chi connectivity index (χ4v) is 5.04. The zero-order valence-corrected chi connectivity index (χ0v) is 19.8. The molecule has 1 nitrogen and oxygen atoms in total. The Hall–Kier alpha value is -1.86. The number of ether oxygens (including phenoxy) is 1. The van der Waals surface area contributed by atoms with Crippen LogP contribution in [0.1, 0.15) is 88.4 Å². The molecule has 1 saturated carbocycles. The van der Waals surface area contributed by atoms with Gasteiger partial charge in [-0.25, -0.2) is 0 Å². The van der Waals surface area contributed by atoms with Gasteiger partial charge in [0.15, 0.2) is 0 Å². The molecule has 2 aromatic carbocycles. The fourth-order valence-electron chi connectivity index (χ4n) is 5.04. The van der Waals surface area contributed by atoms with E-state index >= 15 is 0 Å². The van der Waals surface area contributed by atoms with Gasteiger partial charge >= 0.3 is 0 Å². The summed E-state index contributed by atoms with van der Waals surface area (Å²) >= 11 is 0. The van der Waals surface area contributed by atoms with E-state index in [1.54, 1.807) is 0 Å².